The minimum Gasteiger partial charge on any atom is -0.345 e. The molecule has 0 saturated heterocycles. The SMILES string of the molecule is O=C(NCc1ccccn1)c1nn(CCc2ccccc2)c2c1CN(Cc1ccccc1)CC2. The molecule has 5 rings (SSSR count). The van der Waals surface area contributed by atoms with E-state index in [0.29, 0.717) is 12.2 Å². The Bertz CT molecular complexity index is 1220. The van der Waals surface area contributed by atoms with Crippen LogP contribution < -0.4 is 5.32 Å². The number of rotatable bonds is 8. The van der Waals surface area contributed by atoms with Crippen molar-refractivity contribution in [1.29, 1.82) is 0 Å². The third-order valence-corrected chi connectivity index (χ3v) is 6.29. The van der Waals surface area contributed by atoms with Crippen molar-refractivity contribution in [1.82, 2.24) is 25.0 Å². The Balaban J connectivity index is 1.36. The molecule has 0 unspecified atom stereocenters. The maximum Gasteiger partial charge on any atom is 0.272 e. The van der Waals surface area contributed by atoms with Gasteiger partial charge in [0.05, 0.1) is 12.2 Å². The second-order valence-corrected chi connectivity index (χ2v) is 8.68. The lowest BCUT2D eigenvalue weighted by molar-refractivity contribution is 0.0942. The smallest absolute Gasteiger partial charge is 0.272 e. The summed E-state index contributed by atoms with van der Waals surface area (Å²) in [4.78, 5) is 19.9. The van der Waals surface area contributed by atoms with Crippen LogP contribution in [0.15, 0.2) is 85.1 Å². The number of aromatic nitrogens is 3. The van der Waals surface area contributed by atoms with Crippen LogP contribution in [-0.4, -0.2) is 32.1 Å². The van der Waals surface area contributed by atoms with E-state index in [9.17, 15) is 4.79 Å². The van der Waals surface area contributed by atoms with Crippen molar-refractivity contribution in [2.45, 2.75) is 39.0 Å². The van der Waals surface area contributed by atoms with E-state index < -0.39 is 0 Å². The number of pyridine rings is 1. The summed E-state index contributed by atoms with van der Waals surface area (Å²) in [6.45, 7) is 3.69. The molecule has 0 aliphatic carbocycles. The molecule has 6 nitrogen and oxygen atoms in total. The van der Waals surface area contributed by atoms with Crippen LogP contribution in [0.2, 0.25) is 0 Å². The van der Waals surface area contributed by atoms with Crippen LogP contribution in [0.5, 0.6) is 0 Å². The summed E-state index contributed by atoms with van der Waals surface area (Å²) in [7, 11) is 0. The molecule has 3 heterocycles. The minimum absolute atomic E-state index is 0.137. The Labute approximate surface area is 200 Å². The van der Waals surface area contributed by atoms with E-state index in [1.54, 1.807) is 6.20 Å². The number of nitrogens with zero attached hydrogens (tertiary/aromatic N) is 4. The van der Waals surface area contributed by atoms with Crippen LogP contribution in [0, 0.1) is 0 Å². The van der Waals surface area contributed by atoms with E-state index in [2.05, 4.69) is 68.4 Å². The molecule has 1 aliphatic heterocycles. The fraction of sp³-hybridized carbons (Fsp3) is 0.250. The third-order valence-electron chi connectivity index (χ3n) is 6.29. The van der Waals surface area contributed by atoms with Crippen molar-refractivity contribution in [3.63, 3.8) is 0 Å². The monoisotopic (exact) mass is 451 g/mol. The lowest BCUT2D eigenvalue weighted by Gasteiger charge is -2.27. The summed E-state index contributed by atoms with van der Waals surface area (Å²) in [6.07, 6.45) is 3.51. The van der Waals surface area contributed by atoms with Crippen LogP contribution in [0.1, 0.15) is 38.6 Å². The molecule has 0 radical (unpaired) electrons. The normalized spacial score (nSPS) is 13.4. The van der Waals surface area contributed by atoms with Crippen LogP contribution >= 0.6 is 0 Å². The molecule has 0 saturated carbocycles. The van der Waals surface area contributed by atoms with Gasteiger partial charge >= 0.3 is 0 Å². The lowest BCUT2D eigenvalue weighted by atomic mass is 10.0. The number of hydrogen-bond donors (Lipinski definition) is 1. The quantitative estimate of drug-likeness (QED) is 0.440. The Morgan fingerprint density at radius 2 is 1.65 bits per heavy atom. The van der Waals surface area contributed by atoms with Crippen molar-refractivity contribution in [3.05, 3.63) is 119 Å². The first kappa shape index (κ1) is 22.0. The summed E-state index contributed by atoms with van der Waals surface area (Å²) in [5.74, 6) is -0.137. The number of fused-ring (bicyclic) bond motifs is 1. The van der Waals surface area contributed by atoms with Gasteiger partial charge in [-0.25, -0.2) is 0 Å². The molecule has 1 aliphatic rings. The molecule has 0 fully saturated rings. The van der Waals surface area contributed by atoms with Gasteiger partial charge in [-0.15, -0.1) is 0 Å². The fourth-order valence-electron chi connectivity index (χ4n) is 4.53. The van der Waals surface area contributed by atoms with Crippen molar-refractivity contribution >= 4 is 5.91 Å². The van der Waals surface area contributed by atoms with E-state index in [0.717, 1.165) is 50.3 Å². The third kappa shape index (κ3) is 5.24. The summed E-state index contributed by atoms with van der Waals surface area (Å²) in [5.41, 5.74) is 6.16. The van der Waals surface area contributed by atoms with Gasteiger partial charge in [-0.2, -0.15) is 5.10 Å². The summed E-state index contributed by atoms with van der Waals surface area (Å²) >= 11 is 0. The first-order valence-electron chi connectivity index (χ1n) is 11.8. The van der Waals surface area contributed by atoms with Gasteiger partial charge in [0.2, 0.25) is 0 Å². The topological polar surface area (TPSA) is 63.1 Å². The number of carbonyl (C=O) groups excluding carboxylic acids is 1. The zero-order valence-corrected chi connectivity index (χ0v) is 19.2. The number of amides is 1. The molecular formula is C28H29N5O. The van der Waals surface area contributed by atoms with Crippen molar-refractivity contribution in [2.75, 3.05) is 6.54 Å². The highest BCUT2D eigenvalue weighted by Crippen LogP contribution is 2.25. The second kappa shape index (κ2) is 10.4. The van der Waals surface area contributed by atoms with Gasteiger partial charge in [-0.05, 0) is 29.7 Å². The zero-order valence-electron chi connectivity index (χ0n) is 19.2. The molecule has 172 valence electrons. The fourth-order valence-corrected chi connectivity index (χ4v) is 4.53. The molecule has 1 N–H and O–H groups in total. The van der Waals surface area contributed by atoms with E-state index in [-0.39, 0.29) is 5.91 Å². The number of nitrogens with one attached hydrogen (secondary N) is 1. The van der Waals surface area contributed by atoms with Crippen molar-refractivity contribution in [2.24, 2.45) is 0 Å². The highest BCUT2D eigenvalue weighted by Gasteiger charge is 2.28. The Kier molecular flexibility index (Phi) is 6.77. The highest BCUT2D eigenvalue weighted by atomic mass is 16.2. The van der Waals surface area contributed by atoms with Crippen LogP contribution in [0.25, 0.3) is 0 Å². The summed E-state index contributed by atoms with van der Waals surface area (Å²) < 4.78 is 2.05. The standard InChI is InChI=1S/C28H29N5O/c34-28(30-19-24-13-7-8-16-29-24)27-25-21-32(20-23-11-5-2-6-12-23)17-15-26(25)33(31-27)18-14-22-9-3-1-4-10-22/h1-13,16H,14-15,17-21H2,(H,30,34). The van der Waals surface area contributed by atoms with Crippen LogP contribution in [0.3, 0.4) is 0 Å². The van der Waals surface area contributed by atoms with E-state index in [4.69, 9.17) is 5.10 Å². The maximum absolute atomic E-state index is 13.2. The highest BCUT2D eigenvalue weighted by molar-refractivity contribution is 5.94. The predicted octanol–water partition coefficient (Wildman–Crippen LogP) is 4.01. The van der Waals surface area contributed by atoms with E-state index in [1.165, 1.54) is 16.8 Å². The maximum atomic E-state index is 13.2. The van der Waals surface area contributed by atoms with Gasteiger partial charge < -0.3 is 5.32 Å². The zero-order chi connectivity index (χ0) is 23.2. The van der Waals surface area contributed by atoms with Gasteiger partial charge in [-0.1, -0.05) is 66.7 Å². The van der Waals surface area contributed by atoms with E-state index >= 15 is 0 Å². The number of carbonyl (C=O) groups is 1. The molecule has 1 amide bonds. The molecule has 2 aromatic carbocycles. The molecule has 0 bridgehead atoms. The molecule has 0 spiro atoms. The minimum atomic E-state index is -0.137. The average Bonchev–Trinajstić information content (AvgIpc) is 3.26. The predicted molar refractivity (Wildman–Crippen MR) is 132 cm³/mol. The van der Waals surface area contributed by atoms with Crippen LogP contribution in [-0.2, 0) is 39.0 Å². The summed E-state index contributed by atoms with van der Waals surface area (Å²) in [5, 5.41) is 7.84. The number of hydrogen-bond acceptors (Lipinski definition) is 4. The van der Waals surface area contributed by atoms with Gasteiger partial charge in [0, 0.05) is 50.1 Å². The Morgan fingerprint density at radius 3 is 2.38 bits per heavy atom. The van der Waals surface area contributed by atoms with E-state index in [1.807, 2.05) is 30.3 Å². The first-order chi connectivity index (χ1) is 16.8. The van der Waals surface area contributed by atoms with Crippen molar-refractivity contribution in [3.8, 4) is 0 Å². The molecule has 34 heavy (non-hydrogen) atoms. The Hall–Kier alpha value is -3.77. The van der Waals surface area contributed by atoms with Gasteiger partial charge in [0.1, 0.15) is 0 Å². The number of benzene rings is 2. The second-order valence-electron chi connectivity index (χ2n) is 8.68. The average molecular weight is 452 g/mol. The molecule has 4 aromatic rings. The van der Waals surface area contributed by atoms with Crippen molar-refractivity contribution < 1.29 is 4.79 Å². The number of aryl methyl sites for hydroxylation is 2. The van der Waals surface area contributed by atoms with Crippen LogP contribution in [0.4, 0.5) is 0 Å². The lowest BCUT2D eigenvalue weighted by Crippen LogP contribution is -2.32. The van der Waals surface area contributed by atoms with Gasteiger partial charge in [0.15, 0.2) is 5.69 Å². The summed E-state index contributed by atoms with van der Waals surface area (Å²) in [6, 6.07) is 26.6. The molecular weight excluding hydrogens is 422 g/mol. The first-order valence-corrected chi connectivity index (χ1v) is 11.8. The van der Waals surface area contributed by atoms with Gasteiger partial charge in [0.25, 0.3) is 5.91 Å². The largest absolute Gasteiger partial charge is 0.345 e. The Morgan fingerprint density at radius 1 is 0.912 bits per heavy atom. The molecule has 2 aromatic heterocycles. The molecule has 0 atom stereocenters. The molecule has 6 heteroatoms. The van der Waals surface area contributed by atoms with Gasteiger partial charge in [-0.3, -0.25) is 19.4 Å².